The van der Waals surface area contributed by atoms with Crippen molar-refractivity contribution in [2.45, 2.75) is 110 Å². The van der Waals surface area contributed by atoms with E-state index < -0.39 is 10.1 Å². The summed E-state index contributed by atoms with van der Waals surface area (Å²) in [6, 6.07) is 39.3. The molecule has 9 heteroatoms. The zero-order valence-electron chi connectivity index (χ0n) is 36.3. The number of unbranched alkanes of at least 4 members (excludes halogenated alkanes) is 4. The molecule has 0 bridgehead atoms. The van der Waals surface area contributed by atoms with Crippen LogP contribution in [0.5, 0.6) is 0 Å². The van der Waals surface area contributed by atoms with Gasteiger partial charge in [0.25, 0.3) is 10.1 Å². The van der Waals surface area contributed by atoms with Crippen molar-refractivity contribution in [2.75, 3.05) is 13.3 Å². The molecular weight excluding hydrogens is 807 g/mol. The van der Waals surface area contributed by atoms with E-state index in [9.17, 15) is 22.4 Å². The number of halogens is 1. The van der Waals surface area contributed by atoms with Gasteiger partial charge in [0.05, 0.1) is 18.2 Å². The highest BCUT2D eigenvalue weighted by Gasteiger charge is 2.14. The average molecular weight is 870 g/mol. The molecule has 63 heavy (non-hydrogen) atoms. The van der Waals surface area contributed by atoms with Crippen molar-refractivity contribution in [3.8, 4) is 0 Å². The van der Waals surface area contributed by atoms with E-state index in [1.54, 1.807) is 24.3 Å². The average Bonchev–Trinajstić information content (AvgIpc) is 3.29. The third kappa shape index (κ3) is 13.7. The third-order valence-corrected chi connectivity index (χ3v) is 13.0. The van der Waals surface area contributed by atoms with Crippen molar-refractivity contribution in [1.82, 2.24) is 9.97 Å². The number of pyridine rings is 2. The molecule has 332 valence electrons. The minimum atomic E-state index is -3.68. The lowest BCUT2D eigenvalue weighted by molar-refractivity contribution is 0.307. The van der Waals surface area contributed by atoms with Gasteiger partial charge in [0.2, 0.25) is 0 Å². The molecule has 2 heterocycles. The molecule has 0 atom stereocenters. The molecule has 0 aliphatic carbocycles. The van der Waals surface area contributed by atoms with E-state index in [2.05, 4.69) is 58.5 Å². The van der Waals surface area contributed by atoms with Gasteiger partial charge in [-0.25, -0.2) is 0 Å². The summed E-state index contributed by atoms with van der Waals surface area (Å²) >= 11 is 0. The fraction of sp³-hybridized carbons (Fsp3) is 0.333. The minimum Gasteiger partial charge on any atom is -0.358 e. The first kappa shape index (κ1) is 48.4. The summed E-state index contributed by atoms with van der Waals surface area (Å²) in [6.07, 6.45) is 10.6. The number of aromatic nitrogens is 2. The maximum atomic E-state index is 12.6. The van der Waals surface area contributed by atoms with Crippen LogP contribution in [0, 0.1) is 20.8 Å². The first-order valence-electron chi connectivity index (χ1n) is 21.9. The van der Waals surface area contributed by atoms with Crippen molar-refractivity contribution < 1.29 is 17.0 Å². The van der Waals surface area contributed by atoms with Gasteiger partial charge in [-0.2, -0.15) is 8.42 Å². The number of H-pyrrole nitrogens is 2. The molecule has 0 aliphatic rings. The van der Waals surface area contributed by atoms with Crippen molar-refractivity contribution in [3.05, 3.63) is 192 Å². The van der Waals surface area contributed by atoms with Crippen LogP contribution in [0.2, 0.25) is 0 Å². The highest BCUT2D eigenvalue weighted by molar-refractivity contribution is 7.86. The van der Waals surface area contributed by atoms with Gasteiger partial charge < -0.3 is 9.97 Å². The quantitative estimate of drug-likeness (QED) is 0.0621. The van der Waals surface area contributed by atoms with Gasteiger partial charge in [-0.05, 0) is 144 Å². The second-order valence-corrected chi connectivity index (χ2v) is 17.9. The number of aryl methyl sites for hydroxylation is 7. The molecule has 0 radical (unpaired) electrons. The Morgan fingerprint density at radius 2 is 0.905 bits per heavy atom. The van der Waals surface area contributed by atoms with Gasteiger partial charge in [-0.1, -0.05) is 111 Å². The van der Waals surface area contributed by atoms with Crippen molar-refractivity contribution >= 4 is 31.9 Å². The normalized spacial score (nSPS) is 11.3. The van der Waals surface area contributed by atoms with Crippen LogP contribution >= 0.6 is 0 Å². The Morgan fingerprint density at radius 1 is 0.492 bits per heavy atom. The van der Waals surface area contributed by atoms with E-state index in [0.29, 0.717) is 12.8 Å². The second-order valence-electron chi connectivity index (χ2n) is 16.2. The summed E-state index contributed by atoms with van der Waals surface area (Å²) in [5.74, 6) is 0. The van der Waals surface area contributed by atoms with E-state index >= 15 is 0 Å². The molecule has 2 aromatic heterocycles. The molecule has 2 N–H and O–H groups in total. The van der Waals surface area contributed by atoms with Crippen LogP contribution in [-0.4, -0.2) is 31.7 Å². The Morgan fingerprint density at radius 3 is 1.35 bits per heavy atom. The molecule has 7 aromatic rings. The van der Waals surface area contributed by atoms with E-state index in [-0.39, 0.29) is 36.5 Å². The molecule has 7 nitrogen and oxygen atoms in total. The maximum absolute atomic E-state index is 12.6. The summed E-state index contributed by atoms with van der Waals surface area (Å²) in [4.78, 5) is 32.2. The number of alkyl halides is 1. The number of fused-ring (bicyclic) bond motifs is 2. The molecule has 0 unspecified atom stereocenters. The van der Waals surface area contributed by atoms with Gasteiger partial charge >= 0.3 is 0 Å². The lowest BCUT2D eigenvalue weighted by atomic mass is 10.0. The Balaban J connectivity index is 0.000000246. The van der Waals surface area contributed by atoms with Crippen LogP contribution in [0.15, 0.2) is 136 Å². The van der Waals surface area contributed by atoms with Gasteiger partial charge in [-0.15, -0.1) is 0 Å². The number of rotatable bonds is 19. The predicted molar refractivity (Wildman–Crippen MR) is 258 cm³/mol. The Kier molecular flexibility index (Phi) is 18.2. The molecular formula is C54H63FN2O5S. The highest BCUT2D eigenvalue weighted by Crippen LogP contribution is 2.18. The van der Waals surface area contributed by atoms with Crippen LogP contribution in [0.3, 0.4) is 0 Å². The maximum Gasteiger partial charge on any atom is 0.296 e. The van der Waals surface area contributed by atoms with Crippen molar-refractivity contribution in [1.29, 1.82) is 0 Å². The molecule has 0 amide bonds. The fourth-order valence-electron chi connectivity index (χ4n) is 7.70. The molecule has 0 aliphatic heterocycles. The number of nitrogens with one attached hydrogen (secondary N) is 2. The first-order chi connectivity index (χ1) is 30.0. The molecule has 0 fully saturated rings. The van der Waals surface area contributed by atoms with Crippen LogP contribution in [0.25, 0.3) is 21.8 Å². The van der Waals surface area contributed by atoms with Gasteiger partial charge in [0.1, 0.15) is 0 Å². The van der Waals surface area contributed by atoms with Crippen LogP contribution in [0.1, 0.15) is 96.3 Å². The summed E-state index contributed by atoms with van der Waals surface area (Å²) in [6.45, 7) is 5.70. The number of hydrogen-bond acceptors (Lipinski definition) is 5. The van der Waals surface area contributed by atoms with E-state index in [4.69, 9.17) is 4.18 Å². The Bertz CT molecular complexity index is 2760. The third-order valence-electron chi connectivity index (χ3n) is 11.6. The molecule has 5 aromatic carbocycles. The molecule has 0 saturated heterocycles. The smallest absolute Gasteiger partial charge is 0.296 e. The Hall–Kier alpha value is -5.64. The molecule has 7 rings (SSSR count). The minimum absolute atomic E-state index is 0. The predicted octanol–water partition coefficient (Wildman–Crippen LogP) is 12.0. The van der Waals surface area contributed by atoms with Crippen molar-refractivity contribution in [3.63, 3.8) is 0 Å². The number of hydrogen-bond donors (Lipinski definition) is 2. The first-order valence-corrected chi connectivity index (χ1v) is 23.3. The fourth-order valence-corrected chi connectivity index (χ4v) is 8.65. The summed E-state index contributed by atoms with van der Waals surface area (Å²) in [5.41, 5.74) is 11.7. The van der Waals surface area contributed by atoms with Crippen molar-refractivity contribution in [2.24, 2.45) is 0 Å². The number of aromatic amines is 2. The van der Waals surface area contributed by atoms with Gasteiger partial charge in [0, 0.05) is 44.3 Å². The molecule has 0 spiro atoms. The highest BCUT2D eigenvalue weighted by atomic mass is 32.2. The van der Waals surface area contributed by atoms with Crippen LogP contribution in [0.4, 0.5) is 4.39 Å². The van der Waals surface area contributed by atoms with Gasteiger partial charge in [-0.3, -0.25) is 18.2 Å². The van der Waals surface area contributed by atoms with E-state index in [1.165, 1.54) is 22.3 Å². The van der Waals surface area contributed by atoms with E-state index in [0.717, 1.165) is 114 Å². The standard InChI is InChI=1S/C30H33NO4S.C23H26FNO.CH4/c1-22-11-18-26(19-12-22)36(33,34)35-21-7-3-4-8-24-13-15-25(16-14-24)17-20-28-23(2)30(32)27-9-5-6-10-29(27)31-28;1-17-21(25-22-9-5-4-8-20(22)23(17)26)15-14-19-12-10-18(11-13-19)7-3-2-6-16-24;/h5-6,9-16,18-19H,3-4,7-8,17,20-21H2,1-2H3,(H,31,32);4-5,8-13H,2-3,6-7,14-16H2,1H3,(H,25,26);1H4/i;24-1;. The Labute approximate surface area is 372 Å². The van der Waals surface area contributed by atoms with Crippen LogP contribution in [-0.2, 0) is 52.8 Å². The summed E-state index contributed by atoms with van der Waals surface area (Å²) in [5, 5.41) is 1.49. The van der Waals surface area contributed by atoms with Crippen LogP contribution < -0.4 is 10.9 Å². The van der Waals surface area contributed by atoms with E-state index in [1.807, 2.05) is 69.3 Å². The lowest BCUT2D eigenvalue weighted by Gasteiger charge is -2.09. The zero-order chi connectivity index (χ0) is 43.9. The lowest BCUT2D eigenvalue weighted by Crippen LogP contribution is -2.12. The number of benzene rings is 5. The topological polar surface area (TPSA) is 109 Å². The second kappa shape index (κ2) is 23.7. The summed E-state index contributed by atoms with van der Waals surface area (Å²) in [7, 11) is -3.68. The monoisotopic (exact) mass is 869 g/mol. The SMILES string of the molecule is C.Cc1c(CCc2ccc(CCCCC[18F])cc2)[nH]c2ccccc2c1=O.Cc1ccc(S(=O)(=O)OCCCCCc2ccc(CCc3[nH]c4ccccc4c(=O)c3C)cc2)cc1. The zero-order valence-corrected chi connectivity index (χ0v) is 37.1. The number of para-hydroxylation sites is 2. The molecule has 0 saturated carbocycles. The largest absolute Gasteiger partial charge is 0.358 e. The summed E-state index contributed by atoms with van der Waals surface area (Å²) < 4.78 is 41.7. The van der Waals surface area contributed by atoms with Gasteiger partial charge in [0.15, 0.2) is 10.9 Å².